The molecule has 2 unspecified atom stereocenters. The first kappa shape index (κ1) is 24.2. The van der Waals surface area contributed by atoms with Crippen LogP contribution in [0.25, 0.3) is 16.5 Å². The highest BCUT2D eigenvalue weighted by atomic mass is 16.5. The molecule has 0 radical (unpaired) electrons. The van der Waals surface area contributed by atoms with Gasteiger partial charge in [-0.2, -0.15) is 0 Å². The summed E-state index contributed by atoms with van der Waals surface area (Å²) in [5.74, 6) is -1.30. The minimum atomic E-state index is -1.14. The van der Waals surface area contributed by atoms with Crippen molar-refractivity contribution in [2.24, 2.45) is 16.6 Å². The number of nitrogens with zero attached hydrogens (tertiary/aromatic N) is 1. The summed E-state index contributed by atoms with van der Waals surface area (Å²) in [6.45, 7) is 0. The Bertz CT molecular complexity index is 1540. The summed E-state index contributed by atoms with van der Waals surface area (Å²) in [5, 5.41) is 7.34. The molecule has 0 bridgehead atoms. The summed E-state index contributed by atoms with van der Waals surface area (Å²) >= 11 is 0. The van der Waals surface area contributed by atoms with Crippen molar-refractivity contribution in [3.8, 4) is 5.75 Å². The second-order valence-electron chi connectivity index (χ2n) is 9.39. The van der Waals surface area contributed by atoms with Gasteiger partial charge in [0, 0.05) is 28.1 Å². The van der Waals surface area contributed by atoms with Gasteiger partial charge in [0.25, 0.3) is 11.8 Å². The van der Waals surface area contributed by atoms with Crippen LogP contribution >= 0.6 is 0 Å². The highest BCUT2D eigenvalue weighted by molar-refractivity contribution is 6.16. The molecule has 1 saturated carbocycles. The van der Waals surface area contributed by atoms with Crippen molar-refractivity contribution in [2.45, 2.75) is 37.8 Å². The van der Waals surface area contributed by atoms with Crippen LogP contribution in [0.4, 0.5) is 0 Å². The fourth-order valence-electron chi connectivity index (χ4n) is 4.60. The van der Waals surface area contributed by atoms with Crippen LogP contribution in [0.5, 0.6) is 5.75 Å². The topological polar surface area (TPSA) is 156 Å². The Morgan fingerprint density at radius 1 is 1.11 bits per heavy atom. The molecule has 2 heterocycles. The van der Waals surface area contributed by atoms with Crippen LogP contribution < -0.4 is 31.7 Å². The zero-order chi connectivity index (χ0) is 26.1. The molecule has 0 spiro atoms. The van der Waals surface area contributed by atoms with E-state index < -0.39 is 35.7 Å². The lowest BCUT2D eigenvalue weighted by molar-refractivity contribution is -0.128. The van der Waals surface area contributed by atoms with Crippen LogP contribution in [0.1, 0.15) is 36.2 Å². The standard InChI is InChI=1S/C27H27N5O5/c1-37-23-8-4-7-19-17(23)13-22(29-19)27(36)32-21(11-14-9-10-14)26(35)31-20(24(28)33)12-16-15-5-2-3-6-18(15)30-25(16)34/h2-8,13-14,20-21,29H,9-12H2,1H3,(H2,28,33)(H,31,35)(H,32,36). The number of para-hydroxylation sites is 1. The Labute approximate surface area is 212 Å². The van der Waals surface area contributed by atoms with Crippen molar-refractivity contribution >= 4 is 40.1 Å². The SMILES string of the molecule is COc1cccc2[nH]c(C(=O)NC(CC3CC3)C(=O)NC(CC3=c4ccccc4=NC3=O)C(N)=O)cc12. The summed E-state index contributed by atoms with van der Waals surface area (Å²) in [6.07, 6.45) is 2.27. The van der Waals surface area contributed by atoms with E-state index in [-0.39, 0.29) is 12.1 Å². The predicted octanol–water partition coefficient (Wildman–Crippen LogP) is 0.446. The minimum Gasteiger partial charge on any atom is -0.496 e. The number of ether oxygens (including phenoxy) is 1. The van der Waals surface area contributed by atoms with Gasteiger partial charge in [0.2, 0.25) is 11.8 Å². The Hall–Kier alpha value is -4.47. The maximum atomic E-state index is 13.3. The third kappa shape index (κ3) is 5.09. The third-order valence-corrected chi connectivity index (χ3v) is 6.75. The van der Waals surface area contributed by atoms with Crippen molar-refractivity contribution in [1.29, 1.82) is 0 Å². The fraction of sp³-hybridized carbons (Fsp3) is 0.296. The summed E-state index contributed by atoms with van der Waals surface area (Å²) in [4.78, 5) is 58.1. The number of rotatable bonds is 10. The van der Waals surface area contributed by atoms with Gasteiger partial charge in [0.15, 0.2) is 0 Å². The van der Waals surface area contributed by atoms with Crippen molar-refractivity contribution in [2.75, 3.05) is 7.11 Å². The Morgan fingerprint density at radius 2 is 1.89 bits per heavy atom. The zero-order valence-electron chi connectivity index (χ0n) is 20.2. The van der Waals surface area contributed by atoms with E-state index in [0.717, 1.165) is 23.7 Å². The molecule has 1 aliphatic carbocycles. The number of benzene rings is 2. The number of carbonyl (C=O) groups is 4. The number of H-pyrrole nitrogens is 1. The number of hydrogen-bond donors (Lipinski definition) is 4. The van der Waals surface area contributed by atoms with Crippen LogP contribution in [-0.4, -0.2) is 47.8 Å². The van der Waals surface area contributed by atoms with E-state index in [2.05, 4.69) is 20.6 Å². The normalized spacial score (nSPS) is 16.0. The lowest BCUT2D eigenvalue weighted by Crippen LogP contribution is -2.53. The molecule has 10 nitrogen and oxygen atoms in total. The van der Waals surface area contributed by atoms with Gasteiger partial charge in [-0.05, 0) is 36.6 Å². The Balaban J connectivity index is 1.34. The summed E-state index contributed by atoms with van der Waals surface area (Å²) in [6, 6.07) is 12.1. The molecule has 190 valence electrons. The van der Waals surface area contributed by atoms with E-state index in [1.165, 1.54) is 0 Å². The van der Waals surface area contributed by atoms with E-state index >= 15 is 0 Å². The molecule has 2 atom stereocenters. The number of hydrogen-bond acceptors (Lipinski definition) is 5. The first-order valence-electron chi connectivity index (χ1n) is 12.1. The average molecular weight is 502 g/mol. The molecule has 4 amide bonds. The fourth-order valence-corrected chi connectivity index (χ4v) is 4.60. The molecular formula is C27H27N5O5. The number of nitrogens with one attached hydrogen (secondary N) is 3. The lowest BCUT2D eigenvalue weighted by atomic mass is 10.0. The largest absolute Gasteiger partial charge is 0.496 e. The van der Waals surface area contributed by atoms with Crippen LogP contribution in [0, 0.1) is 5.92 Å². The highest BCUT2D eigenvalue weighted by Gasteiger charge is 2.33. The molecular weight excluding hydrogens is 474 g/mol. The third-order valence-electron chi connectivity index (χ3n) is 6.75. The zero-order valence-corrected chi connectivity index (χ0v) is 20.2. The smallest absolute Gasteiger partial charge is 0.274 e. The average Bonchev–Trinajstić information content (AvgIpc) is 3.49. The van der Waals surface area contributed by atoms with Crippen molar-refractivity contribution in [1.82, 2.24) is 15.6 Å². The van der Waals surface area contributed by atoms with Crippen molar-refractivity contribution < 1.29 is 23.9 Å². The number of nitrogens with two attached hydrogens (primary N) is 1. The van der Waals surface area contributed by atoms with Gasteiger partial charge in [-0.25, -0.2) is 4.99 Å². The second-order valence-corrected chi connectivity index (χ2v) is 9.39. The van der Waals surface area contributed by atoms with Gasteiger partial charge >= 0.3 is 0 Å². The maximum Gasteiger partial charge on any atom is 0.274 e. The number of methoxy groups -OCH3 is 1. The number of aromatic nitrogens is 1. The van der Waals surface area contributed by atoms with Gasteiger partial charge in [0.1, 0.15) is 23.5 Å². The van der Waals surface area contributed by atoms with Gasteiger partial charge in [-0.3, -0.25) is 19.2 Å². The molecule has 5 N–H and O–H groups in total. The summed E-state index contributed by atoms with van der Waals surface area (Å²) in [7, 11) is 1.55. The highest BCUT2D eigenvalue weighted by Crippen LogP contribution is 2.34. The van der Waals surface area contributed by atoms with E-state index in [1.807, 2.05) is 12.1 Å². The van der Waals surface area contributed by atoms with E-state index in [9.17, 15) is 19.2 Å². The first-order chi connectivity index (χ1) is 17.8. The van der Waals surface area contributed by atoms with E-state index in [0.29, 0.717) is 34.2 Å². The van der Waals surface area contributed by atoms with Crippen molar-refractivity contribution in [3.05, 3.63) is 64.8 Å². The molecule has 37 heavy (non-hydrogen) atoms. The second kappa shape index (κ2) is 9.88. The van der Waals surface area contributed by atoms with Gasteiger partial charge in [0.05, 0.1) is 12.5 Å². The number of aromatic amines is 1. The molecule has 10 heteroatoms. The molecule has 3 aromatic rings. The lowest BCUT2D eigenvalue weighted by Gasteiger charge is -2.22. The van der Waals surface area contributed by atoms with Gasteiger partial charge in [-0.15, -0.1) is 0 Å². The van der Waals surface area contributed by atoms with E-state index in [1.54, 1.807) is 43.5 Å². The quantitative estimate of drug-likeness (QED) is 0.317. The molecule has 5 rings (SSSR count). The van der Waals surface area contributed by atoms with Gasteiger partial charge in [-0.1, -0.05) is 37.1 Å². The van der Waals surface area contributed by atoms with E-state index in [4.69, 9.17) is 10.5 Å². The Morgan fingerprint density at radius 3 is 2.62 bits per heavy atom. The molecule has 1 aromatic heterocycles. The summed E-state index contributed by atoms with van der Waals surface area (Å²) < 4.78 is 5.36. The number of carbonyl (C=O) groups excluding carboxylic acids is 4. The number of primary amides is 1. The van der Waals surface area contributed by atoms with Crippen LogP contribution in [0.3, 0.4) is 0 Å². The predicted molar refractivity (Wildman–Crippen MR) is 135 cm³/mol. The Kier molecular flexibility index (Phi) is 6.47. The van der Waals surface area contributed by atoms with Crippen LogP contribution in [0.15, 0.2) is 53.5 Å². The maximum absolute atomic E-state index is 13.3. The molecule has 1 fully saturated rings. The van der Waals surface area contributed by atoms with Crippen LogP contribution in [-0.2, 0) is 14.4 Å². The molecule has 2 aromatic carbocycles. The minimum absolute atomic E-state index is 0.0909. The molecule has 2 aliphatic rings. The monoisotopic (exact) mass is 501 g/mol. The summed E-state index contributed by atoms with van der Waals surface area (Å²) in [5.41, 5.74) is 6.92. The molecule has 1 aliphatic heterocycles. The first-order valence-corrected chi connectivity index (χ1v) is 12.1. The number of amides is 4. The van der Waals surface area contributed by atoms with Gasteiger partial charge < -0.3 is 26.1 Å². The number of fused-ring (bicyclic) bond motifs is 2. The molecule has 0 saturated heterocycles. The van der Waals surface area contributed by atoms with Crippen molar-refractivity contribution in [3.63, 3.8) is 0 Å². The van der Waals surface area contributed by atoms with Crippen LogP contribution in [0.2, 0.25) is 0 Å².